The van der Waals surface area contributed by atoms with Gasteiger partial charge < -0.3 is 5.32 Å². The summed E-state index contributed by atoms with van der Waals surface area (Å²) in [5.41, 5.74) is 0. The molecule has 52 valence electrons. The van der Waals surface area contributed by atoms with E-state index in [-0.39, 0.29) is 0 Å². The van der Waals surface area contributed by atoms with Gasteiger partial charge in [-0.3, -0.25) is 4.99 Å². The first-order valence-corrected chi connectivity index (χ1v) is 3.20. The molecular weight excluding hydrogens is 112 g/mol. The highest BCUT2D eigenvalue weighted by Crippen LogP contribution is 1.76. The Labute approximate surface area is 56.7 Å². The van der Waals surface area contributed by atoms with E-state index in [4.69, 9.17) is 0 Å². The zero-order valence-corrected chi connectivity index (χ0v) is 6.31. The van der Waals surface area contributed by atoms with Crippen molar-refractivity contribution in [3.05, 3.63) is 12.2 Å². The second-order valence-corrected chi connectivity index (χ2v) is 1.61. The predicted octanol–water partition coefficient (Wildman–Crippen LogP) is 1.20. The summed E-state index contributed by atoms with van der Waals surface area (Å²) in [5.74, 6) is 0.944. The molecule has 0 amide bonds. The molecule has 0 saturated heterocycles. The Balaban J connectivity index is 3.81. The SMILES string of the molecule is C/C=C\C(=N\CC)NC. The molecule has 0 aliphatic rings. The second kappa shape index (κ2) is 5.35. The molecule has 0 bridgehead atoms. The minimum Gasteiger partial charge on any atom is -0.373 e. The third-order valence-electron chi connectivity index (χ3n) is 0.909. The van der Waals surface area contributed by atoms with Crippen LogP contribution in [-0.2, 0) is 0 Å². The Kier molecular flexibility index (Phi) is 4.88. The average Bonchev–Trinajstić information content (AvgIpc) is 1.88. The summed E-state index contributed by atoms with van der Waals surface area (Å²) in [6, 6.07) is 0. The molecule has 0 aliphatic carbocycles. The lowest BCUT2D eigenvalue weighted by Crippen LogP contribution is -2.15. The number of allylic oxidation sites excluding steroid dienone is 1. The minimum absolute atomic E-state index is 0.834. The van der Waals surface area contributed by atoms with Crippen LogP contribution in [0.5, 0.6) is 0 Å². The van der Waals surface area contributed by atoms with Gasteiger partial charge in [0.15, 0.2) is 0 Å². The van der Waals surface area contributed by atoms with Crippen molar-refractivity contribution in [2.45, 2.75) is 13.8 Å². The molecule has 9 heavy (non-hydrogen) atoms. The van der Waals surface area contributed by atoms with E-state index >= 15 is 0 Å². The van der Waals surface area contributed by atoms with E-state index in [9.17, 15) is 0 Å². The zero-order chi connectivity index (χ0) is 7.11. The van der Waals surface area contributed by atoms with Gasteiger partial charge in [-0.1, -0.05) is 6.08 Å². The van der Waals surface area contributed by atoms with Gasteiger partial charge in [0.2, 0.25) is 0 Å². The fourth-order valence-corrected chi connectivity index (χ4v) is 0.543. The third-order valence-corrected chi connectivity index (χ3v) is 0.909. The molecule has 2 heteroatoms. The predicted molar refractivity (Wildman–Crippen MR) is 41.8 cm³/mol. The van der Waals surface area contributed by atoms with Gasteiger partial charge >= 0.3 is 0 Å². The highest BCUT2D eigenvalue weighted by Gasteiger charge is 1.81. The van der Waals surface area contributed by atoms with Crippen molar-refractivity contribution in [2.75, 3.05) is 13.6 Å². The first-order chi connectivity index (χ1) is 4.35. The van der Waals surface area contributed by atoms with Gasteiger partial charge in [0.1, 0.15) is 5.84 Å². The Morgan fingerprint density at radius 3 is 2.67 bits per heavy atom. The van der Waals surface area contributed by atoms with Gasteiger partial charge in [0.25, 0.3) is 0 Å². The molecule has 0 unspecified atom stereocenters. The van der Waals surface area contributed by atoms with Crippen LogP contribution in [0.15, 0.2) is 17.1 Å². The van der Waals surface area contributed by atoms with Crippen molar-refractivity contribution < 1.29 is 0 Å². The molecule has 0 rings (SSSR count). The summed E-state index contributed by atoms with van der Waals surface area (Å²) in [5, 5.41) is 2.97. The zero-order valence-electron chi connectivity index (χ0n) is 6.31. The van der Waals surface area contributed by atoms with Crippen LogP contribution in [0, 0.1) is 0 Å². The molecule has 2 nitrogen and oxygen atoms in total. The lowest BCUT2D eigenvalue weighted by molar-refractivity contribution is 1.07. The van der Waals surface area contributed by atoms with Crippen molar-refractivity contribution in [1.82, 2.24) is 5.32 Å². The number of likely N-dealkylation sites (N-methyl/N-ethyl adjacent to an activating group) is 1. The largest absolute Gasteiger partial charge is 0.373 e. The minimum atomic E-state index is 0.834. The number of nitrogens with zero attached hydrogens (tertiary/aromatic N) is 1. The van der Waals surface area contributed by atoms with Crippen LogP contribution >= 0.6 is 0 Å². The van der Waals surface area contributed by atoms with Crippen LogP contribution in [0.3, 0.4) is 0 Å². The standard InChI is InChI=1S/C7H14N2/c1-4-6-7(8-3)9-5-2/h4,6H,5H2,1-3H3,(H,8,9)/b6-4-. The molecule has 0 aliphatic heterocycles. The smallest absolute Gasteiger partial charge is 0.120 e. The van der Waals surface area contributed by atoms with E-state index in [1.54, 1.807) is 0 Å². The molecule has 0 atom stereocenters. The maximum atomic E-state index is 4.15. The maximum absolute atomic E-state index is 4.15. The quantitative estimate of drug-likeness (QED) is 0.436. The summed E-state index contributed by atoms with van der Waals surface area (Å²) in [7, 11) is 1.87. The van der Waals surface area contributed by atoms with E-state index in [1.165, 1.54) is 0 Å². The summed E-state index contributed by atoms with van der Waals surface area (Å²) in [4.78, 5) is 4.15. The number of hydrogen-bond acceptors (Lipinski definition) is 1. The number of rotatable bonds is 2. The van der Waals surface area contributed by atoms with Crippen molar-refractivity contribution in [3.63, 3.8) is 0 Å². The van der Waals surface area contributed by atoms with Gasteiger partial charge in [-0.15, -0.1) is 0 Å². The molecule has 0 heterocycles. The fraction of sp³-hybridized carbons (Fsp3) is 0.571. The van der Waals surface area contributed by atoms with Gasteiger partial charge in [-0.05, 0) is 19.9 Å². The summed E-state index contributed by atoms with van der Waals surface area (Å²) in [6.07, 6.45) is 3.91. The lowest BCUT2D eigenvalue weighted by Gasteiger charge is -1.95. The Morgan fingerprint density at radius 2 is 2.33 bits per heavy atom. The van der Waals surface area contributed by atoms with Gasteiger partial charge in [-0.25, -0.2) is 0 Å². The van der Waals surface area contributed by atoms with Crippen molar-refractivity contribution in [1.29, 1.82) is 0 Å². The maximum Gasteiger partial charge on any atom is 0.120 e. The second-order valence-electron chi connectivity index (χ2n) is 1.61. The van der Waals surface area contributed by atoms with Crippen LogP contribution in [-0.4, -0.2) is 19.4 Å². The molecule has 0 aromatic rings. The Bertz CT molecular complexity index is 114. The van der Waals surface area contributed by atoms with Crippen LogP contribution in [0.2, 0.25) is 0 Å². The van der Waals surface area contributed by atoms with Crippen LogP contribution in [0.25, 0.3) is 0 Å². The number of nitrogens with one attached hydrogen (secondary N) is 1. The van der Waals surface area contributed by atoms with Gasteiger partial charge in [0, 0.05) is 13.6 Å². The molecule has 0 spiro atoms. The first kappa shape index (κ1) is 8.21. The van der Waals surface area contributed by atoms with Gasteiger partial charge in [-0.2, -0.15) is 0 Å². The van der Waals surface area contributed by atoms with E-state index in [0.29, 0.717) is 0 Å². The molecule has 0 fully saturated rings. The Hall–Kier alpha value is -0.790. The topological polar surface area (TPSA) is 24.4 Å². The molecule has 0 radical (unpaired) electrons. The molecule has 1 N–H and O–H groups in total. The van der Waals surface area contributed by atoms with Crippen molar-refractivity contribution >= 4 is 5.84 Å². The molecular formula is C7H14N2. The molecule has 0 aromatic heterocycles. The summed E-state index contributed by atoms with van der Waals surface area (Å²) < 4.78 is 0. The van der Waals surface area contributed by atoms with Crippen LogP contribution in [0.4, 0.5) is 0 Å². The summed E-state index contributed by atoms with van der Waals surface area (Å²) in [6.45, 7) is 4.82. The van der Waals surface area contributed by atoms with E-state index in [0.717, 1.165) is 12.4 Å². The number of amidine groups is 1. The van der Waals surface area contributed by atoms with E-state index < -0.39 is 0 Å². The van der Waals surface area contributed by atoms with Crippen molar-refractivity contribution in [2.24, 2.45) is 4.99 Å². The number of hydrogen-bond donors (Lipinski definition) is 1. The van der Waals surface area contributed by atoms with Crippen LogP contribution in [0.1, 0.15) is 13.8 Å². The molecule has 0 aromatic carbocycles. The highest BCUT2D eigenvalue weighted by atomic mass is 14.9. The fourth-order valence-electron chi connectivity index (χ4n) is 0.543. The lowest BCUT2D eigenvalue weighted by atomic mass is 10.5. The molecule has 0 saturated carbocycles. The third kappa shape index (κ3) is 3.76. The van der Waals surface area contributed by atoms with Gasteiger partial charge in [0.05, 0.1) is 0 Å². The van der Waals surface area contributed by atoms with E-state index in [1.807, 2.05) is 33.0 Å². The monoisotopic (exact) mass is 126 g/mol. The van der Waals surface area contributed by atoms with Crippen LogP contribution < -0.4 is 5.32 Å². The normalized spacial score (nSPS) is 12.6. The Morgan fingerprint density at radius 1 is 1.67 bits per heavy atom. The highest BCUT2D eigenvalue weighted by molar-refractivity contribution is 5.92. The first-order valence-electron chi connectivity index (χ1n) is 3.20. The average molecular weight is 126 g/mol. The number of aliphatic imine (C=N–C) groups is 1. The van der Waals surface area contributed by atoms with Crippen molar-refractivity contribution in [3.8, 4) is 0 Å². The van der Waals surface area contributed by atoms with E-state index in [2.05, 4.69) is 10.3 Å². The summed E-state index contributed by atoms with van der Waals surface area (Å²) >= 11 is 0.